The second-order valence-corrected chi connectivity index (χ2v) is 4.86. The minimum absolute atomic E-state index is 0.104. The molecule has 0 unspecified atom stereocenters. The molecule has 0 aliphatic carbocycles. The summed E-state index contributed by atoms with van der Waals surface area (Å²) in [5.41, 5.74) is -5.81. The molecule has 0 N–H and O–H groups in total. The van der Waals surface area contributed by atoms with E-state index in [1.165, 1.54) is 12.3 Å². The van der Waals surface area contributed by atoms with Crippen molar-refractivity contribution in [2.45, 2.75) is 5.51 Å². The highest BCUT2D eigenvalue weighted by molar-refractivity contribution is 7.88. The molecular weight excluding hydrogens is 287 g/mol. The van der Waals surface area contributed by atoms with Crippen molar-refractivity contribution < 1.29 is 25.8 Å². The fourth-order valence-corrected chi connectivity index (χ4v) is 1.79. The fraction of sp³-hybridized carbons (Fsp3) is 0.111. The van der Waals surface area contributed by atoms with Crippen molar-refractivity contribution in [1.29, 1.82) is 5.26 Å². The maximum absolute atomic E-state index is 12.2. The molecule has 0 aromatic carbocycles. The molecule has 0 spiro atoms. The number of nitrogens with zero attached hydrogens (tertiary/aromatic N) is 3. The average Bonchev–Trinajstić information content (AvgIpc) is 2.71. The van der Waals surface area contributed by atoms with E-state index < -0.39 is 21.4 Å². The van der Waals surface area contributed by atoms with Crippen LogP contribution in [0.3, 0.4) is 0 Å². The first-order valence-corrected chi connectivity index (χ1v) is 6.04. The number of halogens is 3. The third-order valence-electron chi connectivity index (χ3n) is 2.11. The summed E-state index contributed by atoms with van der Waals surface area (Å²) in [6.45, 7) is 0. The van der Waals surface area contributed by atoms with Crippen LogP contribution in [-0.2, 0) is 10.1 Å². The summed E-state index contributed by atoms with van der Waals surface area (Å²) in [4.78, 5) is 0. The van der Waals surface area contributed by atoms with Crippen LogP contribution in [0.15, 0.2) is 24.5 Å². The predicted octanol–water partition coefficient (Wildman–Crippen LogP) is 1.43. The van der Waals surface area contributed by atoms with Crippen molar-refractivity contribution in [1.82, 2.24) is 9.61 Å². The van der Waals surface area contributed by atoms with E-state index >= 15 is 0 Å². The zero-order valence-corrected chi connectivity index (χ0v) is 9.73. The summed E-state index contributed by atoms with van der Waals surface area (Å²) in [6, 6.07) is 3.92. The van der Waals surface area contributed by atoms with E-state index in [0.29, 0.717) is 0 Å². The van der Waals surface area contributed by atoms with E-state index in [1.807, 2.05) is 0 Å². The van der Waals surface area contributed by atoms with E-state index in [4.69, 9.17) is 5.26 Å². The Balaban J connectivity index is 2.59. The van der Waals surface area contributed by atoms with E-state index in [2.05, 4.69) is 9.28 Å². The molecule has 2 rings (SSSR count). The topological polar surface area (TPSA) is 84.5 Å². The van der Waals surface area contributed by atoms with Crippen molar-refractivity contribution in [3.63, 3.8) is 0 Å². The number of pyridine rings is 1. The molecule has 0 aliphatic heterocycles. The van der Waals surface area contributed by atoms with Crippen molar-refractivity contribution in [2.75, 3.05) is 0 Å². The number of rotatable bonds is 2. The second-order valence-electron chi connectivity index (χ2n) is 3.32. The molecule has 0 amide bonds. The Morgan fingerprint density at radius 3 is 2.68 bits per heavy atom. The molecule has 2 heterocycles. The summed E-state index contributed by atoms with van der Waals surface area (Å²) in [7, 11) is -5.80. The molecule has 100 valence electrons. The van der Waals surface area contributed by atoms with Crippen molar-refractivity contribution in [2.24, 2.45) is 0 Å². The highest BCUT2D eigenvalue weighted by Crippen LogP contribution is 2.30. The average molecular weight is 291 g/mol. The van der Waals surface area contributed by atoms with E-state index in [-0.39, 0.29) is 11.1 Å². The summed E-state index contributed by atoms with van der Waals surface area (Å²) in [5, 5.41) is 12.5. The Morgan fingerprint density at radius 2 is 2.11 bits per heavy atom. The zero-order chi connectivity index (χ0) is 14.3. The third-order valence-corrected chi connectivity index (χ3v) is 3.07. The highest BCUT2D eigenvalue weighted by atomic mass is 32.2. The first kappa shape index (κ1) is 13.2. The Morgan fingerprint density at radius 1 is 1.42 bits per heavy atom. The number of hydrogen-bond acceptors (Lipinski definition) is 5. The van der Waals surface area contributed by atoms with Gasteiger partial charge in [-0.15, -0.1) is 0 Å². The van der Waals surface area contributed by atoms with Gasteiger partial charge in [0.15, 0.2) is 5.75 Å². The molecule has 2 aromatic heterocycles. The maximum Gasteiger partial charge on any atom is 0.534 e. The van der Waals surface area contributed by atoms with E-state index in [1.54, 1.807) is 6.07 Å². The van der Waals surface area contributed by atoms with Gasteiger partial charge in [0.1, 0.15) is 17.1 Å². The van der Waals surface area contributed by atoms with Crippen LogP contribution in [0.5, 0.6) is 5.75 Å². The number of aromatic nitrogens is 2. The van der Waals surface area contributed by atoms with Gasteiger partial charge >= 0.3 is 15.6 Å². The molecular formula is C9H4F3N3O3S. The Hall–Kier alpha value is -2.28. The van der Waals surface area contributed by atoms with Crippen molar-refractivity contribution >= 4 is 15.6 Å². The molecule has 0 saturated heterocycles. The summed E-state index contributed by atoms with van der Waals surface area (Å²) in [6.07, 6.45) is 2.42. The first-order chi connectivity index (χ1) is 8.76. The predicted molar refractivity (Wildman–Crippen MR) is 55.5 cm³/mol. The highest BCUT2D eigenvalue weighted by Gasteiger charge is 2.48. The zero-order valence-electron chi connectivity index (χ0n) is 8.92. The van der Waals surface area contributed by atoms with Gasteiger partial charge in [-0.25, -0.2) is 4.52 Å². The molecule has 2 aromatic rings. The van der Waals surface area contributed by atoms with Gasteiger partial charge < -0.3 is 4.18 Å². The number of alkyl halides is 3. The number of hydrogen-bond donors (Lipinski definition) is 0. The lowest BCUT2D eigenvalue weighted by molar-refractivity contribution is -0.0499. The van der Waals surface area contributed by atoms with E-state index in [9.17, 15) is 21.6 Å². The normalized spacial score (nSPS) is 12.3. The van der Waals surface area contributed by atoms with Crippen LogP contribution in [-0.4, -0.2) is 23.5 Å². The first-order valence-electron chi connectivity index (χ1n) is 4.63. The van der Waals surface area contributed by atoms with Gasteiger partial charge in [-0.05, 0) is 12.1 Å². The fourth-order valence-electron chi connectivity index (χ4n) is 1.33. The molecule has 0 atom stereocenters. The van der Waals surface area contributed by atoms with Crippen LogP contribution in [0.2, 0.25) is 0 Å². The maximum atomic E-state index is 12.2. The van der Waals surface area contributed by atoms with Gasteiger partial charge in [-0.2, -0.15) is 31.9 Å². The lowest BCUT2D eigenvalue weighted by atomic mass is 10.3. The van der Waals surface area contributed by atoms with Gasteiger partial charge in [-0.3, -0.25) is 0 Å². The van der Waals surface area contributed by atoms with Gasteiger partial charge in [0.2, 0.25) is 0 Å². The summed E-state index contributed by atoms with van der Waals surface area (Å²) in [5.74, 6) is -0.617. The van der Waals surface area contributed by atoms with Gasteiger partial charge in [-0.1, -0.05) is 0 Å². The minimum Gasteiger partial charge on any atom is -0.374 e. The molecule has 0 radical (unpaired) electrons. The van der Waals surface area contributed by atoms with Gasteiger partial charge in [0, 0.05) is 6.20 Å². The Kier molecular flexibility index (Phi) is 2.86. The largest absolute Gasteiger partial charge is 0.534 e. The Bertz CT molecular complexity index is 773. The lowest BCUT2D eigenvalue weighted by Gasteiger charge is -2.10. The van der Waals surface area contributed by atoms with Crippen LogP contribution in [0, 0.1) is 11.3 Å². The quantitative estimate of drug-likeness (QED) is 0.617. The molecule has 0 bridgehead atoms. The number of nitriles is 1. The van der Waals surface area contributed by atoms with Crippen LogP contribution in [0.1, 0.15) is 5.56 Å². The van der Waals surface area contributed by atoms with Crippen LogP contribution < -0.4 is 4.18 Å². The molecule has 0 saturated carbocycles. The number of fused-ring (bicyclic) bond motifs is 1. The third kappa shape index (κ3) is 2.19. The Labute approximate surface area is 104 Å². The molecule has 10 heteroatoms. The van der Waals surface area contributed by atoms with Crippen molar-refractivity contribution in [3.05, 3.63) is 30.1 Å². The lowest BCUT2D eigenvalue weighted by Crippen LogP contribution is -2.28. The van der Waals surface area contributed by atoms with Crippen molar-refractivity contribution in [3.8, 4) is 11.8 Å². The minimum atomic E-state index is -5.80. The second kappa shape index (κ2) is 4.13. The molecule has 6 nitrogen and oxygen atoms in total. The molecule has 0 aliphatic rings. The van der Waals surface area contributed by atoms with Gasteiger partial charge in [0.25, 0.3) is 0 Å². The summed E-state index contributed by atoms with van der Waals surface area (Å²) < 4.78 is 63.6. The van der Waals surface area contributed by atoms with Gasteiger partial charge in [0.05, 0.1) is 6.20 Å². The van der Waals surface area contributed by atoms with E-state index in [0.717, 1.165) is 16.8 Å². The van der Waals surface area contributed by atoms with Crippen LogP contribution in [0.4, 0.5) is 13.2 Å². The molecule has 0 fully saturated rings. The monoisotopic (exact) mass is 291 g/mol. The van der Waals surface area contributed by atoms with Crippen LogP contribution >= 0.6 is 0 Å². The standard InChI is InChI=1S/C9H4F3N3O3S/c10-9(11,12)19(16,17)18-7-2-1-3-15-8(7)6(4-13)5-14-15/h1-3,5H. The SMILES string of the molecule is N#Cc1cnn2cccc(OS(=O)(=O)C(F)(F)F)c12. The summed E-state index contributed by atoms with van der Waals surface area (Å²) >= 11 is 0. The van der Waals surface area contributed by atoms with Crippen LogP contribution in [0.25, 0.3) is 5.52 Å². The molecule has 19 heavy (non-hydrogen) atoms. The smallest absolute Gasteiger partial charge is 0.374 e.